The zero-order chi connectivity index (χ0) is 21.7. The predicted octanol–water partition coefficient (Wildman–Crippen LogP) is -1.20. The monoisotopic (exact) mass is 400 g/mol. The topological polar surface area (TPSA) is 203 Å². The third-order valence-corrected chi connectivity index (χ3v) is 3.75. The van der Waals surface area contributed by atoms with E-state index in [0.717, 1.165) is 0 Å². The summed E-state index contributed by atoms with van der Waals surface area (Å²) in [7, 11) is 0. The molecule has 0 unspecified atom stereocenters. The van der Waals surface area contributed by atoms with Crippen LogP contribution in [-0.2, 0) is 19.2 Å². The largest absolute Gasteiger partial charge is 0.481 e. The van der Waals surface area contributed by atoms with Crippen molar-refractivity contribution in [3.63, 3.8) is 0 Å². The first-order valence-electron chi connectivity index (χ1n) is 9.19. The van der Waals surface area contributed by atoms with Gasteiger partial charge in [0.2, 0.25) is 17.7 Å². The lowest BCUT2D eigenvalue weighted by Gasteiger charge is -2.22. The van der Waals surface area contributed by atoms with Crippen LogP contribution in [0.3, 0.4) is 0 Å². The van der Waals surface area contributed by atoms with Crippen LogP contribution in [-0.4, -0.2) is 53.4 Å². The Balaban J connectivity index is 4.93. The summed E-state index contributed by atoms with van der Waals surface area (Å²) in [5.41, 5.74) is 15.7. The Hall–Kier alpha value is -2.85. The van der Waals surface area contributed by atoms with Gasteiger partial charge in [0.1, 0.15) is 12.1 Å². The van der Waals surface area contributed by atoms with E-state index < -0.39 is 29.9 Å². The molecule has 0 heterocycles. The summed E-state index contributed by atoms with van der Waals surface area (Å²) in [4.78, 5) is 50.6. The van der Waals surface area contributed by atoms with E-state index in [2.05, 4.69) is 15.6 Å². The van der Waals surface area contributed by atoms with E-state index in [1.54, 1.807) is 0 Å². The zero-order valence-electron chi connectivity index (χ0n) is 16.4. The average Bonchev–Trinajstić information content (AvgIpc) is 2.55. The van der Waals surface area contributed by atoms with Crippen molar-refractivity contribution >= 4 is 29.7 Å². The molecule has 0 aliphatic rings. The molecule has 2 atom stereocenters. The number of hydrogen-bond donors (Lipinski definition) is 6. The quantitative estimate of drug-likeness (QED) is 0.119. The summed E-state index contributed by atoms with van der Waals surface area (Å²) in [5.74, 6) is -2.74. The Morgan fingerprint density at radius 3 is 2.11 bits per heavy atom. The number of carboxylic acids is 1. The highest BCUT2D eigenvalue weighted by Gasteiger charge is 2.26. The first-order valence-corrected chi connectivity index (χ1v) is 9.19. The van der Waals surface area contributed by atoms with Crippen molar-refractivity contribution in [2.45, 2.75) is 64.5 Å². The number of carbonyl (C=O) groups excluding carboxylic acids is 3. The number of nitrogens with one attached hydrogen (secondary N) is 2. The maximum atomic E-state index is 12.5. The second-order valence-electron chi connectivity index (χ2n) is 6.92. The van der Waals surface area contributed by atoms with Crippen LogP contribution in [0.2, 0.25) is 0 Å². The van der Waals surface area contributed by atoms with Crippen molar-refractivity contribution in [1.82, 2.24) is 10.6 Å². The molecule has 0 saturated heterocycles. The molecule has 3 amide bonds. The highest BCUT2D eigenvalue weighted by molar-refractivity contribution is 5.91. The van der Waals surface area contributed by atoms with Crippen molar-refractivity contribution < 1.29 is 24.3 Å². The minimum Gasteiger partial charge on any atom is -0.481 e. The van der Waals surface area contributed by atoms with Gasteiger partial charge >= 0.3 is 5.97 Å². The smallest absolute Gasteiger partial charge is 0.303 e. The molecule has 11 heteroatoms. The Bertz CT molecular complexity index is 574. The SMILES string of the molecule is CC(C)CC(=O)N[C@H](CCCCN=C(N)N)C(=O)N[C@@H](CCC(=O)O)C(N)=O. The standard InChI is InChI=1S/C17H32N6O5/c1-10(2)9-13(24)22-12(5-3-4-8-21-17(19)20)16(28)23-11(15(18)27)6-7-14(25)26/h10-12H,3-9H2,1-2H3,(H2,18,27)(H,22,24)(H,23,28)(H,25,26)(H4,19,20,21)/t11-,12+/m0/s1. The highest BCUT2D eigenvalue weighted by Crippen LogP contribution is 2.06. The number of nitrogens with two attached hydrogens (primary N) is 3. The van der Waals surface area contributed by atoms with Crippen molar-refractivity contribution in [3.8, 4) is 0 Å². The van der Waals surface area contributed by atoms with Crippen LogP contribution in [0.4, 0.5) is 0 Å². The highest BCUT2D eigenvalue weighted by atomic mass is 16.4. The molecular weight excluding hydrogens is 368 g/mol. The van der Waals surface area contributed by atoms with Gasteiger partial charge in [0.15, 0.2) is 5.96 Å². The second kappa shape index (κ2) is 13.3. The Morgan fingerprint density at radius 2 is 1.61 bits per heavy atom. The van der Waals surface area contributed by atoms with E-state index >= 15 is 0 Å². The fraction of sp³-hybridized carbons (Fsp3) is 0.706. The summed E-state index contributed by atoms with van der Waals surface area (Å²) < 4.78 is 0. The van der Waals surface area contributed by atoms with E-state index in [1.807, 2.05) is 13.8 Å². The Morgan fingerprint density at radius 1 is 0.964 bits per heavy atom. The van der Waals surface area contributed by atoms with Gasteiger partial charge in [-0.15, -0.1) is 0 Å². The van der Waals surface area contributed by atoms with Gasteiger partial charge in [-0.25, -0.2) is 0 Å². The van der Waals surface area contributed by atoms with Crippen molar-refractivity contribution in [1.29, 1.82) is 0 Å². The van der Waals surface area contributed by atoms with Crippen LogP contribution in [0.5, 0.6) is 0 Å². The van der Waals surface area contributed by atoms with E-state index in [1.165, 1.54) is 0 Å². The minimum atomic E-state index is -1.13. The van der Waals surface area contributed by atoms with Crippen molar-refractivity contribution in [2.24, 2.45) is 28.1 Å². The van der Waals surface area contributed by atoms with Crippen LogP contribution in [0, 0.1) is 5.92 Å². The van der Waals surface area contributed by atoms with E-state index in [-0.39, 0.29) is 37.0 Å². The number of guanidine groups is 1. The molecular formula is C17H32N6O5. The summed E-state index contributed by atoms with van der Waals surface area (Å²) >= 11 is 0. The fourth-order valence-electron chi connectivity index (χ4n) is 2.39. The number of aliphatic carboxylic acids is 1. The average molecular weight is 400 g/mol. The number of carbonyl (C=O) groups is 4. The van der Waals surface area contributed by atoms with Crippen molar-refractivity contribution in [2.75, 3.05) is 6.54 Å². The first kappa shape index (κ1) is 25.1. The van der Waals surface area contributed by atoms with Crippen LogP contribution in [0.25, 0.3) is 0 Å². The first-order chi connectivity index (χ1) is 13.0. The number of hydrogen-bond acceptors (Lipinski definition) is 5. The number of nitrogens with zero attached hydrogens (tertiary/aromatic N) is 1. The van der Waals surface area contributed by atoms with E-state index in [9.17, 15) is 19.2 Å². The van der Waals surface area contributed by atoms with Crippen LogP contribution < -0.4 is 27.8 Å². The predicted molar refractivity (Wildman–Crippen MR) is 104 cm³/mol. The third kappa shape index (κ3) is 12.5. The van der Waals surface area contributed by atoms with Gasteiger partial charge in [-0.3, -0.25) is 24.2 Å². The lowest BCUT2D eigenvalue weighted by molar-refractivity contribution is -0.137. The molecule has 0 saturated carbocycles. The number of unbranched alkanes of at least 4 members (excludes halogenated alkanes) is 1. The molecule has 0 aliphatic carbocycles. The molecule has 0 spiro atoms. The molecule has 0 radical (unpaired) electrons. The molecule has 11 nitrogen and oxygen atoms in total. The Kier molecular flexibility index (Phi) is 12.0. The van der Waals surface area contributed by atoms with Gasteiger partial charge in [-0.2, -0.15) is 0 Å². The molecule has 0 aromatic rings. The number of rotatable bonds is 14. The van der Waals surface area contributed by atoms with Gasteiger partial charge in [0, 0.05) is 19.4 Å². The van der Waals surface area contributed by atoms with Gasteiger partial charge in [-0.1, -0.05) is 13.8 Å². The minimum absolute atomic E-state index is 0.0257. The lowest BCUT2D eigenvalue weighted by atomic mass is 10.1. The Labute approximate surface area is 164 Å². The molecule has 0 aliphatic heterocycles. The van der Waals surface area contributed by atoms with Gasteiger partial charge in [0.25, 0.3) is 0 Å². The number of carboxylic acid groups (broad SMARTS) is 1. The zero-order valence-corrected chi connectivity index (χ0v) is 16.4. The molecule has 28 heavy (non-hydrogen) atoms. The van der Waals surface area contributed by atoms with Gasteiger partial charge in [-0.05, 0) is 31.6 Å². The van der Waals surface area contributed by atoms with Crippen LogP contribution in [0.1, 0.15) is 52.4 Å². The van der Waals surface area contributed by atoms with E-state index in [4.69, 9.17) is 22.3 Å². The maximum absolute atomic E-state index is 12.5. The van der Waals surface area contributed by atoms with Gasteiger partial charge < -0.3 is 32.9 Å². The second-order valence-corrected chi connectivity index (χ2v) is 6.92. The molecule has 9 N–H and O–H groups in total. The maximum Gasteiger partial charge on any atom is 0.303 e. The van der Waals surface area contributed by atoms with Gasteiger partial charge in [0.05, 0.1) is 0 Å². The van der Waals surface area contributed by atoms with Crippen LogP contribution >= 0.6 is 0 Å². The third-order valence-electron chi connectivity index (χ3n) is 3.75. The number of aliphatic imine (C=N–C) groups is 1. The molecule has 0 rings (SSSR count). The fourth-order valence-corrected chi connectivity index (χ4v) is 2.39. The molecule has 160 valence electrons. The lowest BCUT2D eigenvalue weighted by Crippen LogP contribution is -2.53. The van der Waals surface area contributed by atoms with Crippen LogP contribution in [0.15, 0.2) is 4.99 Å². The number of primary amides is 1. The summed E-state index contributed by atoms with van der Waals surface area (Å²) in [5, 5.41) is 13.8. The summed E-state index contributed by atoms with van der Waals surface area (Å²) in [6.45, 7) is 4.14. The molecule has 0 fully saturated rings. The molecule has 0 aromatic carbocycles. The molecule has 0 bridgehead atoms. The molecule has 0 aromatic heterocycles. The number of amides is 3. The van der Waals surface area contributed by atoms with Crippen molar-refractivity contribution in [3.05, 3.63) is 0 Å². The normalized spacial score (nSPS) is 12.7. The summed E-state index contributed by atoms with van der Waals surface area (Å²) in [6, 6.07) is -2.01. The summed E-state index contributed by atoms with van der Waals surface area (Å²) in [6.07, 6.45) is 1.24. The van der Waals surface area contributed by atoms with E-state index in [0.29, 0.717) is 25.8 Å².